The lowest BCUT2D eigenvalue weighted by atomic mass is 10.1. The summed E-state index contributed by atoms with van der Waals surface area (Å²) in [6, 6.07) is 6.11. The van der Waals surface area contributed by atoms with Crippen molar-refractivity contribution in [2.45, 2.75) is 25.3 Å². The van der Waals surface area contributed by atoms with Crippen molar-refractivity contribution < 1.29 is 19.1 Å². The van der Waals surface area contributed by atoms with Crippen LogP contribution in [0, 0.1) is 5.92 Å². The van der Waals surface area contributed by atoms with E-state index in [1.165, 1.54) is 12.8 Å². The molecule has 2 fully saturated rings. The Morgan fingerprint density at radius 2 is 2.12 bits per heavy atom. The van der Waals surface area contributed by atoms with Crippen molar-refractivity contribution in [1.29, 1.82) is 0 Å². The molecular weight excluding hydrogens is 322 g/mol. The summed E-state index contributed by atoms with van der Waals surface area (Å²) in [7, 11) is 2.09. The molecular formula is C18H23N3O4. The normalized spacial score (nSPS) is 21.9. The van der Waals surface area contributed by atoms with Gasteiger partial charge in [-0.1, -0.05) is 0 Å². The highest BCUT2D eigenvalue weighted by Crippen LogP contribution is 2.37. The average molecular weight is 345 g/mol. The molecule has 1 saturated carbocycles. The maximum atomic E-state index is 12.4. The van der Waals surface area contributed by atoms with Crippen LogP contribution in [0.3, 0.4) is 0 Å². The van der Waals surface area contributed by atoms with Crippen LogP contribution in [-0.2, 0) is 9.59 Å². The minimum atomic E-state index is -0.302. The van der Waals surface area contributed by atoms with Crippen molar-refractivity contribution in [3.8, 4) is 11.5 Å². The predicted octanol–water partition coefficient (Wildman–Crippen LogP) is 0.979. The minimum absolute atomic E-state index is 0.0332. The molecule has 1 saturated heterocycles. The van der Waals surface area contributed by atoms with Gasteiger partial charge in [0, 0.05) is 43.9 Å². The molecule has 1 aliphatic carbocycles. The summed E-state index contributed by atoms with van der Waals surface area (Å²) in [5.41, 5.74) is 0.748. The summed E-state index contributed by atoms with van der Waals surface area (Å²) in [5.74, 6) is 0.949. The molecule has 0 unspecified atom stereocenters. The summed E-state index contributed by atoms with van der Waals surface area (Å²) >= 11 is 0. The molecule has 25 heavy (non-hydrogen) atoms. The maximum Gasteiger partial charge on any atom is 0.231 e. The number of nitrogens with one attached hydrogen (secondary N) is 1. The standard InChI is InChI=1S/C18H23N3O4/c1-20(13-2-3-13)7-6-19-18(23)12-8-17(22)21(10-12)14-4-5-15-16(9-14)25-11-24-15/h4-5,9,12-13H,2-3,6-8,10-11H2,1H3,(H,19,23)/t12-/m1/s1. The van der Waals surface area contributed by atoms with Gasteiger partial charge in [-0.05, 0) is 32.0 Å². The first-order valence-electron chi connectivity index (χ1n) is 8.80. The Balaban J connectivity index is 1.32. The number of fused-ring (bicyclic) bond motifs is 1. The minimum Gasteiger partial charge on any atom is -0.454 e. The number of carbonyl (C=O) groups excluding carboxylic acids is 2. The van der Waals surface area contributed by atoms with Crippen LogP contribution in [0.5, 0.6) is 11.5 Å². The zero-order valence-corrected chi connectivity index (χ0v) is 14.4. The third-order valence-corrected chi connectivity index (χ3v) is 5.10. The van der Waals surface area contributed by atoms with Crippen molar-refractivity contribution in [3.05, 3.63) is 18.2 Å². The second-order valence-electron chi connectivity index (χ2n) is 6.95. The number of hydrogen-bond acceptors (Lipinski definition) is 5. The topological polar surface area (TPSA) is 71.1 Å². The first-order chi connectivity index (χ1) is 12.1. The molecule has 0 bridgehead atoms. The molecule has 2 heterocycles. The van der Waals surface area contributed by atoms with Crippen LogP contribution in [0.4, 0.5) is 5.69 Å². The highest BCUT2D eigenvalue weighted by molar-refractivity contribution is 6.00. The van der Waals surface area contributed by atoms with Gasteiger partial charge in [0.05, 0.1) is 5.92 Å². The van der Waals surface area contributed by atoms with Crippen LogP contribution >= 0.6 is 0 Å². The van der Waals surface area contributed by atoms with E-state index in [1.54, 1.807) is 17.0 Å². The Kier molecular flexibility index (Phi) is 4.25. The summed E-state index contributed by atoms with van der Waals surface area (Å²) in [4.78, 5) is 28.6. The van der Waals surface area contributed by atoms with Gasteiger partial charge in [0.2, 0.25) is 18.6 Å². The molecule has 1 aromatic carbocycles. The fourth-order valence-electron chi connectivity index (χ4n) is 3.38. The quantitative estimate of drug-likeness (QED) is 0.832. The van der Waals surface area contributed by atoms with Crippen molar-refractivity contribution in [3.63, 3.8) is 0 Å². The van der Waals surface area contributed by atoms with Gasteiger partial charge in [0.25, 0.3) is 0 Å². The average Bonchev–Trinajstić information content (AvgIpc) is 3.23. The Hall–Kier alpha value is -2.28. The van der Waals surface area contributed by atoms with E-state index >= 15 is 0 Å². The maximum absolute atomic E-state index is 12.4. The van der Waals surface area contributed by atoms with E-state index in [9.17, 15) is 9.59 Å². The lowest BCUT2D eigenvalue weighted by molar-refractivity contribution is -0.126. The van der Waals surface area contributed by atoms with Crippen LogP contribution < -0.4 is 19.7 Å². The number of likely N-dealkylation sites (N-methyl/N-ethyl adjacent to an activating group) is 1. The summed E-state index contributed by atoms with van der Waals surface area (Å²) < 4.78 is 10.7. The largest absolute Gasteiger partial charge is 0.454 e. The van der Waals surface area contributed by atoms with Crippen LogP contribution in [-0.4, -0.2) is 56.2 Å². The van der Waals surface area contributed by atoms with Crippen LogP contribution in [0.25, 0.3) is 0 Å². The highest BCUT2D eigenvalue weighted by atomic mass is 16.7. The second-order valence-corrected chi connectivity index (χ2v) is 6.95. The Labute approximate surface area is 146 Å². The van der Waals surface area contributed by atoms with E-state index in [-0.39, 0.29) is 30.9 Å². The second kappa shape index (κ2) is 6.55. The summed E-state index contributed by atoms with van der Waals surface area (Å²) in [6.07, 6.45) is 2.76. The number of rotatable bonds is 6. The Bertz CT molecular complexity index is 689. The van der Waals surface area contributed by atoms with E-state index < -0.39 is 0 Å². The zero-order valence-electron chi connectivity index (χ0n) is 14.4. The number of nitrogens with zero attached hydrogens (tertiary/aromatic N) is 2. The number of amides is 2. The van der Waals surface area contributed by atoms with Gasteiger partial charge < -0.3 is 24.6 Å². The lowest BCUT2D eigenvalue weighted by Gasteiger charge is -2.18. The van der Waals surface area contributed by atoms with Crippen LogP contribution in [0.15, 0.2) is 18.2 Å². The molecule has 4 rings (SSSR count). The van der Waals surface area contributed by atoms with E-state index in [4.69, 9.17) is 9.47 Å². The van der Waals surface area contributed by atoms with E-state index in [1.807, 2.05) is 6.07 Å². The predicted molar refractivity (Wildman–Crippen MR) is 91.7 cm³/mol. The molecule has 2 aliphatic heterocycles. The fourth-order valence-corrected chi connectivity index (χ4v) is 3.38. The van der Waals surface area contributed by atoms with Gasteiger partial charge in [0.1, 0.15) is 0 Å². The monoisotopic (exact) mass is 345 g/mol. The van der Waals surface area contributed by atoms with Gasteiger partial charge in [0.15, 0.2) is 11.5 Å². The van der Waals surface area contributed by atoms with Gasteiger partial charge in [-0.2, -0.15) is 0 Å². The Morgan fingerprint density at radius 1 is 1.32 bits per heavy atom. The molecule has 3 aliphatic rings. The fraction of sp³-hybridized carbons (Fsp3) is 0.556. The third kappa shape index (κ3) is 3.42. The van der Waals surface area contributed by atoms with Gasteiger partial charge in [-0.15, -0.1) is 0 Å². The molecule has 1 atom stereocenters. The van der Waals surface area contributed by atoms with Gasteiger partial charge >= 0.3 is 0 Å². The molecule has 1 N–H and O–H groups in total. The first-order valence-corrected chi connectivity index (χ1v) is 8.80. The first kappa shape index (κ1) is 16.2. The number of ether oxygens (including phenoxy) is 2. The number of carbonyl (C=O) groups is 2. The third-order valence-electron chi connectivity index (χ3n) is 5.10. The van der Waals surface area contributed by atoms with Crippen LogP contribution in [0.1, 0.15) is 19.3 Å². The molecule has 2 amide bonds. The molecule has 7 nitrogen and oxygen atoms in total. The summed E-state index contributed by atoms with van der Waals surface area (Å²) in [5, 5.41) is 2.97. The van der Waals surface area contributed by atoms with E-state index in [0.717, 1.165) is 12.2 Å². The number of hydrogen-bond donors (Lipinski definition) is 1. The van der Waals surface area contributed by atoms with Gasteiger partial charge in [-0.3, -0.25) is 9.59 Å². The van der Waals surface area contributed by atoms with Crippen molar-refractivity contribution >= 4 is 17.5 Å². The molecule has 0 aromatic heterocycles. The molecule has 134 valence electrons. The number of benzene rings is 1. The summed E-state index contributed by atoms with van der Waals surface area (Å²) in [6.45, 7) is 2.08. The number of anilines is 1. The van der Waals surface area contributed by atoms with Gasteiger partial charge in [-0.25, -0.2) is 0 Å². The molecule has 0 spiro atoms. The SMILES string of the molecule is CN(CCNC(=O)[C@@H]1CC(=O)N(c2ccc3c(c2)OCO3)C1)C1CC1. The van der Waals surface area contributed by atoms with Crippen LogP contribution in [0.2, 0.25) is 0 Å². The molecule has 0 radical (unpaired) electrons. The zero-order chi connectivity index (χ0) is 17.4. The van der Waals surface area contributed by atoms with Crippen molar-refractivity contribution in [2.24, 2.45) is 5.92 Å². The highest BCUT2D eigenvalue weighted by Gasteiger charge is 2.35. The van der Waals surface area contributed by atoms with Crippen molar-refractivity contribution in [2.75, 3.05) is 38.4 Å². The molecule has 1 aromatic rings. The van der Waals surface area contributed by atoms with E-state index in [2.05, 4.69) is 17.3 Å². The van der Waals surface area contributed by atoms with E-state index in [0.29, 0.717) is 30.6 Å². The molecule has 7 heteroatoms. The Morgan fingerprint density at radius 3 is 2.92 bits per heavy atom. The lowest BCUT2D eigenvalue weighted by Crippen LogP contribution is -2.38. The smallest absolute Gasteiger partial charge is 0.231 e. The van der Waals surface area contributed by atoms with Crippen molar-refractivity contribution in [1.82, 2.24) is 10.2 Å².